The summed E-state index contributed by atoms with van der Waals surface area (Å²) in [6.07, 6.45) is -3.31. The first kappa shape index (κ1) is 14.0. The van der Waals surface area contributed by atoms with Crippen LogP contribution < -0.4 is 0 Å². The molecule has 0 spiro atoms. The summed E-state index contributed by atoms with van der Waals surface area (Å²) in [6.45, 7) is 0. The number of rotatable bonds is 3. The van der Waals surface area contributed by atoms with E-state index >= 15 is 0 Å². The molecular formula is C14H10F3NO2. The van der Waals surface area contributed by atoms with E-state index in [0.717, 1.165) is 12.4 Å². The van der Waals surface area contributed by atoms with Crippen molar-refractivity contribution >= 4 is 5.97 Å². The van der Waals surface area contributed by atoms with Gasteiger partial charge in [-0.2, -0.15) is 13.2 Å². The number of halogens is 3. The smallest absolute Gasteiger partial charge is 0.417 e. The minimum atomic E-state index is -4.64. The average Bonchev–Trinajstić information content (AvgIpc) is 2.37. The number of carbonyl (C=O) groups is 1. The van der Waals surface area contributed by atoms with Crippen molar-refractivity contribution in [2.45, 2.75) is 12.6 Å². The molecule has 0 aliphatic rings. The molecule has 0 atom stereocenters. The molecule has 0 fully saturated rings. The van der Waals surface area contributed by atoms with E-state index in [1.807, 2.05) is 0 Å². The molecule has 1 aromatic carbocycles. The van der Waals surface area contributed by atoms with E-state index in [1.54, 1.807) is 18.2 Å². The van der Waals surface area contributed by atoms with Crippen molar-refractivity contribution < 1.29 is 23.1 Å². The lowest BCUT2D eigenvalue weighted by Crippen LogP contribution is -2.14. The Morgan fingerprint density at radius 3 is 2.35 bits per heavy atom. The van der Waals surface area contributed by atoms with Crippen LogP contribution in [0.4, 0.5) is 13.2 Å². The molecule has 3 nitrogen and oxygen atoms in total. The van der Waals surface area contributed by atoms with Gasteiger partial charge in [-0.3, -0.25) is 9.78 Å². The molecule has 1 aromatic heterocycles. The van der Waals surface area contributed by atoms with E-state index in [4.69, 9.17) is 5.11 Å². The van der Waals surface area contributed by atoms with Gasteiger partial charge in [0.05, 0.1) is 12.0 Å². The Hall–Kier alpha value is -2.37. The molecule has 6 heteroatoms. The molecule has 1 N–H and O–H groups in total. The predicted octanol–water partition coefficient (Wildman–Crippen LogP) is 3.39. The fourth-order valence-corrected chi connectivity index (χ4v) is 1.97. The number of aromatic nitrogens is 1. The minimum absolute atomic E-state index is 0.114. The van der Waals surface area contributed by atoms with Crippen molar-refractivity contribution in [3.63, 3.8) is 0 Å². The van der Waals surface area contributed by atoms with Crippen molar-refractivity contribution in [1.82, 2.24) is 4.98 Å². The zero-order chi connectivity index (χ0) is 14.8. The lowest BCUT2D eigenvalue weighted by Gasteiger charge is -2.16. The van der Waals surface area contributed by atoms with Gasteiger partial charge in [-0.25, -0.2) is 0 Å². The maximum absolute atomic E-state index is 13.2. The van der Waals surface area contributed by atoms with Crippen LogP contribution in [-0.4, -0.2) is 16.1 Å². The van der Waals surface area contributed by atoms with Gasteiger partial charge >= 0.3 is 12.1 Å². The van der Waals surface area contributed by atoms with E-state index in [1.165, 1.54) is 12.1 Å². The molecule has 0 bridgehead atoms. The van der Waals surface area contributed by atoms with Crippen LogP contribution in [0.25, 0.3) is 11.1 Å². The number of alkyl halides is 3. The Bertz CT molecular complexity index is 624. The molecule has 0 amide bonds. The Kier molecular flexibility index (Phi) is 3.74. The maximum atomic E-state index is 13.2. The number of benzene rings is 1. The Morgan fingerprint density at radius 2 is 1.80 bits per heavy atom. The summed E-state index contributed by atoms with van der Waals surface area (Å²) in [5.41, 5.74) is -1.05. The van der Waals surface area contributed by atoms with Gasteiger partial charge in [-0.15, -0.1) is 0 Å². The van der Waals surface area contributed by atoms with Gasteiger partial charge in [0.25, 0.3) is 0 Å². The summed E-state index contributed by atoms with van der Waals surface area (Å²) in [4.78, 5) is 14.4. The van der Waals surface area contributed by atoms with Crippen molar-refractivity contribution in [2.24, 2.45) is 0 Å². The first-order valence-corrected chi connectivity index (χ1v) is 5.71. The van der Waals surface area contributed by atoms with Gasteiger partial charge in [0, 0.05) is 18.0 Å². The molecule has 2 rings (SSSR count). The number of carboxylic acids is 1. The first-order chi connectivity index (χ1) is 9.39. The summed E-state index contributed by atoms with van der Waals surface area (Å²) >= 11 is 0. The molecule has 0 aliphatic heterocycles. The normalized spacial score (nSPS) is 11.3. The zero-order valence-corrected chi connectivity index (χ0v) is 10.2. The number of hydrogen-bond acceptors (Lipinski definition) is 2. The number of nitrogens with zero attached hydrogens (tertiary/aromatic N) is 1. The molecule has 2 aromatic rings. The molecule has 1 heterocycles. The maximum Gasteiger partial charge on any atom is 0.417 e. The van der Waals surface area contributed by atoms with Crippen LogP contribution in [0.1, 0.15) is 11.1 Å². The molecule has 20 heavy (non-hydrogen) atoms. The first-order valence-electron chi connectivity index (χ1n) is 5.71. The van der Waals surface area contributed by atoms with Crippen LogP contribution in [0.5, 0.6) is 0 Å². The summed E-state index contributed by atoms with van der Waals surface area (Å²) in [5.74, 6) is -1.33. The third kappa shape index (κ3) is 2.96. The molecule has 0 aliphatic carbocycles. The molecule has 0 saturated carbocycles. The van der Waals surface area contributed by atoms with E-state index in [2.05, 4.69) is 4.98 Å². The zero-order valence-electron chi connectivity index (χ0n) is 10.2. The fourth-order valence-electron chi connectivity index (χ4n) is 1.97. The number of carboxylic acid groups (broad SMARTS) is 1. The summed E-state index contributed by atoms with van der Waals surface area (Å²) in [5, 5.41) is 8.72. The Morgan fingerprint density at radius 1 is 1.15 bits per heavy atom. The number of pyridine rings is 1. The second-order valence-electron chi connectivity index (χ2n) is 4.16. The fraction of sp³-hybridized carbons (Fsp3) is 0.143. The number of aliphatic carboxylic acids is 1. The van der Waals surface area contributed by atoms with Crippen molar-refractivity contribution in [1.29, 1.82) is 0 Å². The van der Waals surface area contributed by atoms with Crippen LogP contribution in [0.3, 0.4) is 0 Å². The quantitative estimate of drug-likeness (QED) is 0.938. The topological polar surface area (TPSA) is 50.2 Å². The third-order valence-corrected chi connectivity index (χ3v) is 2.73. The largest absolute Gasteiger partial charge is 0.481 e. The molecule has 0 radical (unpaired) electrons. The van der Waals surface area contributed by atoms with E-state index in [0.29, 0.717) is 5.56 Å². The Labute approximate surface area is 112 Å². The monoisotopic (exact) mass is 281 g/mol. The lowest BCUT2D eigenvalue weighted by molar-refractivity contribution is -0.139. The van der Waals surface area contributed by atoms with Gasteiger partial charge in [-0.1, -0.05) is 30.3 Å². The van der Waals surface area contributed by atoms with E-state index < -0.39 is 24.1 Å². The minimum Gasteiger partial charge on any atom is -0.481 e. The van der Waals surface area contributed by atoms with Gasteiger partial charge in [0.2, 0.25) is 0 Å². The van der Waals surface area contributed by atoms with Crippen LogP contribution in [0.15, 0.2) is 42.7 Å². The predicted molar refractivity (Wildman–Crippen MR) is 66.0 cm³/mol. The van der Waals surface area contributed by atoms with Crippen molar-refractivity contribution in [3.05, 3.63) is 53.9 Å². The van der Waals surface area contributed by atoms with Gasteiger partial charge < -0.3 is 5.11 Å². The lowest BCUT2D eigenvalue weighted by atomic mass is 9.96. The summed E-state index contributed by atoms with van der Waals surface area (Å²) in [7, 11) is 0. The van der Waals surface area contributed by atoms with Gasteiger partial charge in [0.15, 0.2) is 0 Å². The summed E-state index contributed by atoms with van der Waals surface area (Å²) in [6, 6.07) is 7.96. The third-order valence-electron chi connectivity index (χ3n) is 2.73. The number of hydrogen-bond donors (Lipinski definition) is 1. The SMILES string of the molecule is O=C(O)Cc1cncc(-c2ccccc2)c1C(F)(F)F. The molecule has 0 unspecified atom stereocenters. The standard InChI is InChI=1S/C14H10F3NO2/c15-14(16,17)13-10(6-12(19)20)7-18-8-11(13)9-4-2-1-3-5-9/h1-5,7-8H,6H2,(H,19,20). The highest BCUT2D eigenvalue weighted by atomic mass is 19.4. The van der Waals surface area contributed by atoms with Crippen molar-refractivity contribution in [2.75, 3.05) is 0 Å². The summed E-state index contributed by atoms with van der Waals surface area (Å²) < 4.78 is 39.7. The molecule has 0 saturated heterocycles. The second kappa shape index (κ2) is 5.32. The van der Waals surface area contributed by atoms with Crippen LogP contribution in [0, 0.1) is 0 Å². The average molecular weight is 281 g/mol. The Balaban J connectivity index is 2.66. The molecule has 104 valence electrons. The van der Waals surface area contributed by atoms with E-state index in [9.17, 15) is 18.0 Å². The van der Waals surface area contributed by atoms with Crippen LogP contribution >= 0.6 is 0 Å². The van der Waals surface area contributed by atoms with Crippen molar-refractivity contribution in [3.8, 4) is 11.1 Å². The molecular weight excluding hydrogens is 271 g/mol. The van der Waals surface area contributed by atoms with Gasteiger partial charge in [-0.05, 0) is 11.1 Å². The van der Waals surface area contributed by atoms with Gasteiger partial charge in [0.1, 0.15) is 0 Å². The van der Waals surface area contributed by atoms with Crippen LogP contribution in [-0.2, 0) is 17.4 Å². The second-order valence-corrected chi connectivity index (χ2v) is 4.16. The highest BCUT2D eigenvalue weighted by Gasteiger charge is 2.37. The highest BCUT2D eigenvalue weighted by molar-refractivity contribution is 5.74. The van der Waals surface area contributed by atoms with Crippen LogP contribution in [0.2, 0.25) is 0 Å². The van der Waals surface area contributed by atoms with E-state index in [-0.39, 0.29) is 11.1 Å². The highest BCUT2D eigenvalue weighted by Crippen LogP contribution is 2.39.